The van der Waals surface area contributed by atoms with Crippen molar-refractivity contribution >= 4 is 0 Å². The Morgan fingerprint density at radius 1 is 1.04 bits per heavy atom. The molecule has 2 bridgehead atoms. The van der Waals surface area contributed by atoms with Crippen molar-refractivity contribution < 1.29 is 28.9 Å². The highest BCUT2D eigenvalue weighted by atomic mass is 16.8. The molecule has 7 nitrogen and oxygen atoms in total. The minimum absolute atomic E-state index is 0.0479. The third-order valence-electron chi connectivity index (χ3n) is 6.25. The standard InChI is InChI=1S/C20H29NO6/c1-19(23-3)20(2,24-4)26-18-16(22)11-14-10-15(17(18)25-19)21(27-14)12-13-8-6-5-7-9-13/h5-9,14-18,22H,10-12H2,1-4H3/t14-,15+,16+,17+,18+,19-,20-/m1/s1. The van der Waals surface area contributed by atoms with Crippen molar-refractivity contribution in [2.45, 2.75) is 75.3 Å². The number of rotatable bonds is 4. The molecular formula is C20H29NO6. The van der Waals surface area contributed by atoms with E-state index in [-0.39, 0.29) is 12.1 Å². The van der Waals surface area contributed by atoms with E-state index in [2.05, 4.69) is 12.1 Å². The van der Waals surface area contributed by atoms with Crippen LogP contribution in [0.25, 0.3) is 0 Å². The van der Waals surface area contributed by atoms with Crippen molar-refractivity contribution in [1.29, 1.82) is 0 Å². The Morgan fingerprint density at radius 3 is 2.30 bits per heavy atom. The zero-order chi connectivity index (χ0) is 19.2. The average Bonchev–Trinajstić information content (AvgIpc) is 3.00. The van der Waals surface area contributed by atoms with E-state index in [1.54, 1.807) is 28.1 Å². The Morgan fingerprint density at radius 2 is 1.67 bits per heavy atom. The Kier molecular flexibility index (Phi) is 5.05. The molecule has 0 aromatic heterocycles. The first-order chi connectivity index (χ1) is 12.9. The van der Waals surface area contributed by atoms with E-state index in [9.17, 15) is 5.11 Å². The maximum atomic E-state index is 10.8. The van der Waals surface area contributed by atoms with E-state index in [1.165, 1.54) is 0 Å². The molecule has 1 saturated carbocycles. The smallest absolute Gasteiger partial charge is 0.220 e. The van der Waals surface area contributed by atoms with Gasteiger partial charge in [0.1, 0.15) is 12.2 Å². The Labute approximate surface area is 160 Å². The molecule has 1 aliphatic carbocycles. The molecule has 2 aliphatic heterocycles. The van der Waals surface area contributed by atoms with Gasteiger partial charge in [0, 0.05) is 27.2 Å². The molecule has 150 valence electrons. The number of hydrogen-bond acceptors (Lipinski definition) is 7. The van der Waals surface area contributed by atoms with Crippen LogP contribution >= 0.6 is 0 Å². The molecule has 1 aromatic rings. The Hall–Kier alpha value is -1.06. The second-order valence-corrected chi connectivity index (χ2v) is 7.86. The number of hydrogen-bond donors (Lipinski definition) is 1. The lowest BCUT2D eigenvalue weighted by Crippen LogP contribution is -2.69. The normalized spacial score (nSPS) is 44.7. The fourth-order valence-electron chi connectivity index (χ4n) is 4.39. The van der Waals surface area contributed by atoms with Crippen LogP contribution in [0.15, 0.2) is 30.3 Å². The third kappa shape index (κ3) is 3.21. The number of hydroxylamine groups is 2. The first kappa shape index (κ1) is 19.3. The molecule has 2 heterocycles. The summed E-state index contributed by atoms with van der Waals surface area (Å²) in [6.45, 7) is 4.23. The summed E-state index contributed by atoms with van der Waals surface area (Å²) in [5.74, 6) is -2.23. The number of aliphatic hydroxyl groups excluding tert-OH is 1. The summed E-state index contributed by atoms with van der Waals surface area (Å²) in [4.78, 5) is 6.13. The van der Waals surface area contributed by atoms with Crippen LogP contribution in [0.3, 0.4) is 0 Å². The van der Waals surface area contributed by atoms with Gasteiger partial charge in [0.15, 0.2) is 0 Å². The highest BCUT2D eigenvalue weighted by Gasteiger charge is 2.62. The molecular weight excluding hydrogens is 350 g/mol. The summed E-state index contributed by atoms with van der Waals surface area (Å²) in [6.07, 6.45) is -0.401. The van der Waals surface area contributed by atoms with E-state index < -0.39 is 29.9 Å². The van der Waals surface area contributed by atoms with Gasteiger partial charge in [-0.3, -0.25) is 4.84 Å². The van der Waals surface area contributed by atoms with Gasteiger partial charge in [-0.15, -0.1) is 0 Å². The van der Waals surface area contributed by atoms with Crippen molar-refractivity contribution in [2.24, 2.45) is 0 Å². The number of aliphatic hydroxyl groups is 1. The maximum Gasteiger partial charge on any atom is 0.220 e. The summed E-state index contributed by atoms with van der Waals surface area (Å²) in [7, 11) is 3.13. The average molecular weight is 379 g/mol. The van der Waals surface area contributed by atoms with Crippen LogP contribution in [0, 0.1) is 0 Å². The summed E-state index contributed by atoms with van der Waals surface area (Å²) >= 11 is 0. The van der Waals surface area contributed by atoms with E-state index in [4.69, 9.17) is 23.8 Å². The number of nitrogens with zero attached hydrogens (tertiary/aromatic N) is 1. The molecule has 27 heavy (non-hydrogen) atoms. The Bertz CT molecular complexity index is 659. The van der Waals surface area contributed by atoms with Gasteiger partial charge < -0.3 is 24.1 Å². The molecule has 1 N–H and O–H groups in total. The summed E-state index contributed by atoms with van der Waals surface area (Å²) in [5.41, 5.74) is 1.16. The second kappa shape index (κ2) is 7.08. The van der Waals surface area contributed by atoms with Crippen LogP contribution in [0.5, 0.6) is 0 Å². The zero-order valence-electron chi connectivity index (χ0n) is 16.3. The molecule has 0 spiro atoms. The highest BCUT2D eigenvalue weighted by molar-refractivity contribution is 5.15. The van der Waals surface area contributed by atoms with Crippen molar-refractivity contribution in [3.63, 3.8) is 0 Å². The SMILES string of the molecule is CO[C@]1(C)O[C@@H]2[C@@H](O[C@@]1(C)OC)[C@@H]1C[C@H](C[C@@H]2O)ON1Cc1ccccc1. The monoisotopic (exact) mass is 379 g/mol. The number of ether oxygens (including phenoxy) is 4. The second-order valence-electron chi connectivity index (χ2n) is 7.86. The lowest BCUT2D eigenvalue weighted by atomic mass is 9.96. The van der Waals surface area contributed by atoms with Crippen LogP contribution in [0.2, 0.25) is 0 Å². The number of methoxy groups -OCH3 is 2. The summed E-state index contributed by atoms with van der Waals surface area (Å²) in [6, 6.07) is 10.1. The number of benzene rings is 1. The van der Waals surface area contributed by atoms with Crippen LogP contribution in [0.1, 0.15) is 32.3 Å². The third-order valence-corrected chi connectivity index (χ3v) is 6.25. The van der Waals surface area contributed by atoms with Gasteiger partial charge in [-0.05, 0) is 25.8 Å². The van der Waals surface area contributed by atoms with E-state index in [1.807, 2.05) is 23.3 Å². The molecule has 0 unspecified atom stereocenters. The van der Waals surface area contributed by atoms with Crippen LogP contribution in [-0.2, 0) is 30.3 Å². The topological polar surface area (TPSA) is 69.6 Å². The first-order valence-corrected chi connectivity index (χ1v) is 9.50. The Balaban J connectivity index is 1.63. The molecule has 7 heteroatoms. The fourth-order valence-corrected chi connectivity index (χ4v) is 4.39. The molecule has 7 atom stereocenters. The fraction of sp³-hybridized carbons (Fsp3) is 0.700. The van der Waals surface area contributed by atoms with Gasteiger partial charge in [-0.25, -0.2) is 0 Å². The molecule has 2 saturated heterocycles. The van der Waals surface area contributed by atoms with Gasteiger partial charge in [0.25, 0.3) is 0 Å². The van der Waals surface area contributed by atoms with Gasteiger partial charge in [-0.1, -0.05) is 30.3 Å². The molecule has 0 radical (unpaired) electrons. The molecule has 4 rings (SSSR count). The van der Waals surface area contributed by atoms with Gasteiger partial charge in [0.2, 0.25) is 11.6 Å². The minimum atomic E-state index is -1.13. The largest absolute Gasteiger partial charge is 0.390 e. The molecule has 3 fully saturated rings. The van der Waals surface area contributed by atoms with Gasteiger partial charge in [0.05, 0.1) is 18.2 Å². The van der Waals surface area contributed by atoms with Crippen molar-refractivity contribution in [3.05, 3.63) is 35.9 Å². The lowest BCUT2D eigenvalue weighted by molar-refractivity contribution is -0.461. The van der Waals surface area contributed by atoms with E-state index in [0.29, 0.717) is 13.0 Å². The summed E-state index contributed by atoms with van der Waals surface area (Å²) in [5, 5.41) is 12.7. The van der Waals surface area contributed by atoms with Crippen LogP contribution in [-0.4, -0.2) is 66.4 Å². The van der Waals surface area contributed by atoms with Crippen LogP contribution in [0.4, 0.5) is 0 Å². The van der Waals surface area contributed by atoms with Gasteiger partial charge in [-0.2, -0.15) is 5.06 Å². The summed E-state index contributed by atoms with van der Waals surface area (Å²) < 4.78 is 24.0. The predicted octanol–water partition coefficient (Wildman–Crippen LogP) is 1.83. The quantitative estimate of drug-likeness (QED) is 0.856. The van der Waals surface area contributed by atoms with Crippen molar-refractivity contribution in [3.8, 4) is 0 Å². The highest BCUT2D eigenvalue weighted by Crippen LogP contribution is 2.46. The zero-order valence-corrected chi connectivity index (χ0v) is 16.3. The molecule has 3 aliphatic rings. The van der Waals surface area contributed by atoms with Crippen LogP contribution < -0.4 is 0 Å². The first-order valence-electron chi connectivity index (χ1n) is 9.50. The minimum Gasteiger partial charge on any atom is -0.390 e. The van der Waals surface area contributed by atoms with E-state index >= 15 is 0 Å². The number of fused-ring (bicyclic) bond motifs is 4. The van der Waals surface area contributed by atoms with Gasteiger partial charge >= 0.3 is 0 Å². The molecule has 0 amide bonds. The van der Waals surface area contributed by atoms with E-state index in [0.717, 1.165) is 12.0 Å². The molecule has 1 aromatic carbocycles. The lowest BCUT2D eigenvalue weighted by Gasteiger charge is -2.54. The maximum absolute atomic E-state index is 10.8. The predicted molar refractivity (Wildman–Crippen MR) is 96.5 cm³/mol. The van der Waals surface area contributed by atoms with Crippen molar-refractivity contribution in [2.75, 3.05) is 14.2 Å². The van der Waals surface area contributed by atoms with Crippen molar-refractivity contribution in [1.82, 2.24) is 5.06 Å².